The molecule has 0 bridgehead atoms. The van der Waals surface area contributed by atoms with E-state index in [2.05, 4.69) is 4.98 Å². The Kier molecular flexibility index (Phi) is 2.53. The van der Waals surface area contributed by atoms with Crippen LogP contribution in [-0.2, 0) is 0 Å². The molecule has 17 heavy (non-hydrogen) atoms. The number of methoxy groups -OCH3 is 1. The van der Waals surface area contributed by atoms with Crippen LogP contribution in [0.5, 0.6) is 5.75 Å². The lowest BCUT2D eigenvalue weighted by atomic mass is 10.3. The van der Waals surface area contributed by atoms with Crippen molar-refractivity contribution in [1.82, 2.24) is 9.38 Å². The molecule has 0 spiro atoms. The van der Waals surface area contributed by atoms with E-state index in [1.54, 1.807) is 7.11 Å². The number of ether oxygens (including phenoxy) is 1. The van der Waals surface area contributed by atoms with Gasteiger partial charge in [-0.1, -0.05) is 11.6 Å². The molecule has 0 saturated carbocycles. The first-order valence-corrected chi connectivity index (χ1v) is 6.30. The summed E-state index contributed by atoms with van der Waals surface area (Å²) in [5.74, 6) is 0.764. The highest BCUT2D eigenvalue weighted by atomic mass is 35.5. The van der Waals surface area contributed by atoms with Gasteiger partial charge in [0, 0.05) is 23.3 Å². The maximum Gasteiger partial charge on any atom is 0.180 e. The number of aromatic nitrogens is 2. The SMILES string of the molecule is COc1cccn2cc(-c3csc(Cl)c3)nc12. The van der Waals surface area contributed by atoms with Crippen LogP contribution in [0.2, 0.25) is 4.34 Å². The number of hydrogen-bond donors (Lipinski definition) is 0. The Hall–Kier alpha value is -1.52. The maximum atomic E-state index is 5.93. The molecule has 3 aromatic heterocycles. The molecule has 0 N–H and O–H groups in total. The minimum Gasteiger partial charge on any atom is -0.493 e. The second kappa shape index (κ2) is 4.05. The van der Waals surface area contributed by atoms with E-state index in [0.29, 0.717) is 0 Å². The summed E-state index contributed by atoms with van der Waals surface area (Å²) in [6, 6.07) is 5.74. The van der Waals surface area contributed by atoms with Crippen LogP contribution in [0.3, 0.4) is 0 Å². The van der Waals surface area contributed by atoms with Gasteiger partial charge in [-0.3, -0.25) is 0 Å². The number of halogens is 1. The molecule has 86 valence electrons. The summed E-state index contributed by atoms with van der Waals surface area (Å²) in [4.78, 5) is 4.55. The minimum atomic E-state index is 0.764. The quantitative estimate of drug-likeness (QED) is 0.705. The molecule has 3 aromatic rings. The highest BCUT2D eigenvalue weighted by Gasteiger charge is 2.09. The average molecular weight is 265 g/mol. The van der Waals surface area contributed by atoms with Gasteiger partial charge in [-0.2, -0.15) is 0 Å². The van der Waals surface area contributed by atoms with Crippen LogP contribution in [0, 0.1) is 0 Å². The fourth-order valence-electron chi connectivity index (χ4n) is 1.73. The molecule has 5 heteroatoms. The molecular formula is C12H9ClN2OS. The largest absolute Gasteiger partial charge is 0.493 e. The normalized spacial score (nSPS) is 10.9. The Morgan fingerprint density at radius 2 is 2.35 bits per heavy atom. The standard InChI is InChI=1S/C12H9ClN2OS/c1-16-10-3-2-4-15-6-9(14-12(10)15)8-5-11(13)17-7-8/h2-7H,1H3. The molecule has 0 unspecified atom stereocenters. The zero-order valence-corrected chi connectivity index (χ0v) is 10.6. The van der Waals surface area contributed by atoms with E-state index in [4.69, 9.17) is 16.3 Å². The molecule has 0 atom stereocenters. The Labute approximate surface area is 107 Å². The predicted octanol–water partition coefficient (Wildman–Crippen LogP) is 3.72. The van der Waals surface area contributed by atoms with Gasteiger partial charge in [-0.05, 0) is 18.2 Å². The molecule has 0 aliphatic carbocycles. The van der Waals surface area contributed by atoms with Crippen molar-refractivity contribution >= 4 is 28.6 Å². The Bertz CT molecular complexity index is 674. The third-order valence-corrected chi connectivity index (χ3v) is 3.62. The van der Waals surface area contributed by atoms with Crippen molar-refractivity contribution in [2.75, 3.05) is 7.11 Å². The lowest BCUT2D eigenvalue weighted by Gasteiger charge is -1.99. The molecule has 0 aliphatic heterocycles. The third kappa shape index (κ3) is 1.79. The van der Waals surface area contributed by atoms with Crippen molar-refractivity contribution in [2.24, 2.45) is 0 Å². The van der Waals surface area contributed by atoms with Gasteiger partial charge in [0.15, 0.2) is 11.4 Å². The van der Waals surface area contributed by atoms with Gasteiger partial charge >= 0.3 is 0 Å². The number of hydrogen-bond acceptors (Lipinski definition) is 3. The molecular weight excluding hydrogens is 256 g/mol. The number of fused-ring (bicyclic) bond motifs is 1. The van der Waals surface area contributed by atoms with E-state index in [9.17, 15) is 0 Å². The van der Waals surface area contributed by atoms with E-state index in [-0.39, 0.29) is 0 Å². The molecule has 0 aromatic carbocycles. The van der Waals surface area contributed by atoms with Crippen molar-refractivity contribution in [1.29, 1.82) is 0 Å². The molecule has 0 fully saturated rings. The van der Waals surface area contributed by atoms with Crippen LogP contribution >= 0.6 is 22.9 Å². The van der Waals surface area contributed by atoms with E-state index in [0.717, 1.165) is 27.0 Å². The summed E-state index contributed by atoms with van der Waals surface area (Å²) in [6.07, 6.45) is 3.92. The second-order valence-corrected chi connectivity index (χ2v) is 5.12. The molecule has 3 heterocycles. The van der Waals surface area contributed by atoms with Crippen LogP contribution in [0.1, 0.15) is 0 Å². The smallest absolute Gasteiger partial charge is 0.180 e. The first-order valence-electron chi connectivity index (χ1n) is 5.04. The van der Waals surface area contributed by atoms with Crippen molar-refractivity contribution in [3.8, 4) is 17.0 Å². The molecule has 0 radical (unpaired) electrons. The van der Waals surface area contributed by atoms with Gasteiger partial charge in [0.05, 0.1) is 17.1 Å². The summed E-state index contributed by atoms with van der Waals surface area (Å²) >= 11 is 7.43. The number of nitrogens with zero attached hydrogens (tertiary/aromatic N) is 2. The monoisotopic (exact) mass is 264 g/mol. The average Bonchev–Trinajstić information content (AvgIpc) is 2.93. The van der Waals surface area contributed by atoms with Crippen molar-refractivity contribution in [3.05, 3.63) is 40.3 Å². The second-order valence-electron chi connectivity index (χ2n) is 3.57. The minimum absolute atomic E-state index is 0.764. The molecule has 0 aliphatic rings. The number of rotatable bonds is 2. The third-order valence-electron chi connectivity index (χ3n) is 2.53. The van der Waals surface area contributed by atoms with Crippen molar-refractivity contribution < 1.29 is 4.74 Å². The van der Waals surface area contributed by atoms with Gasteiger partial charge in [-0.25, -0.2) is 4.98 Å². The fraction of sp³-hybridized carbons (Fsp3) is 0.0833. The van der Waals surface area contributed by atoms with Crippen LogP contribution in [0.25, 0.3) is 16.9 Å². The van der Waals surface area contributed by atoms with E-state index in [1.165, 1.54) is 11.3 Å². The van der Waals surface area contributed by atoms with Crippen LogP contribution in [-0.4, -0.2) is 16.5 Å². The highest BCUT2D eigenvalue weighted by molar-refractivity contribution is 7.14. The van der Waals surface area contributed by atoms with Crippen molar-refractivity contribution in [2.45, 2.75) is 0 Å². The van der Waals surface area contributed by atoms with E-state index >= 15 is 0 Å². The predicted molar refractivity (Wildman–Crippen MR) is 70.1 cm³/mol. The summed E-state index contributed by atoms with van der Waals surface area (Å²) < 4.78 is 7.99. The van der Waals surface area contributed by atoms with E-state index in [1.807, 2.05) is 40.4 Å². The van der Waals surface area contributed by atoms with Gasteiger partial charge in [0.25, 0.3) is 0 Å². The molecule has 3 rings (SSSR count). The molecule has 0 saturated heterocycles. The Balaban J connectivity index is 2.19. The zero-order valence-electron chi connectivity index (χ0n) is 9.05. The Morgan fingerprint density at radius 3 is 3.06 bits per heavy atom. The van der Waals surface area contributed by atoms with Gasteiger partial charge in [0.2, 0.25) is 0 Å². The first kappa shape index (κ1) is 10.6. The summed E-state index contributed by atoms with van der Waals surface area (Å²) in [6.45, 7) is 0. The maximum absolute atomic E-state index is 5.93. The molecule has 0 amide bonds. The van der Waals surface area contributed by atoms with Crippen LogP contribution in [0.4, 0.5) is 0 Å². The van der Waals surface area contributed by atoms with Gasteiger partial charge < -0.3 is 9.14 Å². The fourth-order valence-corrected chi connectivity index (χ4v) is 2.60. The lowest BCUT2D eigenvalue weighted by Crippen LogP contribution is -1.88. The first-order chi connectivity index (χ1) is 8.28. The number of imidazole rings is 1. The lowest BCUT2D eigenvalue weighted by molar-refractivity contribution is 0.417. The van der Waals surface area contributed by atoms with Crippen LogP contribution < -0.4 is 4.74 Å². The summed E-state index contributed by atoms with van der Waals surface area (Å²) in [5.41, 5.74) is 2.75. The van der Waals surface area contributed by atoms with Crippen molar-refractivity contribution in [3.63, 3.8) is 0 Å². The highest BCUT2D eigenvalue weighted by Crippen LogP contribution is 2.29. The molecule has 3 nitrogen and oxygen atoms in total. The number of thiophene rings is 1. The Morgan fingerprint density at radius 1 is 1.47 bits per heavy atom. The van der Waals surface area contributed by atoms with Gasteiger partial charge in [0.1, 0.15) is 0 Å². The summed E-state index contributed by atoms with van der Waals surface area (Å²) in [5, 5.41) is 2.00. The summed E-state index contributed by atoms with van der Waals surface area (Å²) in [7, 11) is 1.64. The van der Waals surface area contributed by atoms with Crippen LogP contribution in [0.15, 0.2) is 36.0 Å². The zero-order chi connectivity index (χ0) is 11.8. The topological polar surface area (TPSA) is 26.5 Å². The van der Waals surface area contributed by atoms with E-state index < -0.39 is 0 Å². The number of pyridine rings is 1. The van der Waals surface area contributed by atoms with Gasteiger partial charge in [-0.15, -0.1) is 11.3 Å².